The second-order valence-corrected chi connectivity index (χ2v) is 11.4. The lowest BCUT2D eigenvalue weighted by molar-refractivity contribution is -0.179. The number of anilines is 1. The van der Waals surface area contributed by atoms with Crippen LogP contribution in [0.15, 0.2) is 10.5 Å². The van der Waals surface area contributed by atoms with Gasteiger partial charge >= 0.3 is 12.1 Å². The van der Waals surface area contributed by atoms with Crippen molar-refractivity contribution in [2.75, 3.05) is 11.9 Å². The first-order valence-corrected chi connectivity index (χ1v) is 12.1. The monoisotopic (exact) mass is 526 g/mol. The Balaban J connectivity index is 2.30. The van der Waals surface area contributed by atoms with E-state index in [4.69, 9.17) is 20.0 Å². The van der Waals surface area contributed by atoms with Crippen LogP contribution in [0.1, 0.15) is 61.1 Å². The van der Waals surface area contributed by atoms with Crippen LogP contribution in [0.3, 0.4) is 0 Å². The number of aromatic nitrogens is 1. The lowest BCUT2D eigenvalue weighted by Crippen LogP contribution is -2.71. The van der Waals surface area contributed by atoms with Crippen LogP contribution < -0.4 is 21.7 Å². The number of amides is 3. The summed E-state index contributed by atoms with van der Waals surface area (Å²) in [6.07, 6.45) is -0.731. The number of rotatable bonds is 8. The molecule has 13 nitrogen and oxygen atoms in total. The molecule has 0 spiro atoms. The predicted molar refractivity (Wildman–Crippen MR) is 132 cm³/mol. The molecule has 200 valence electrons. The molecule has 0 radical (unpaired) electrons. The number of nitrogens with two attached hydrogens (primary N) is 1. The van der Waals surface area contributed by atoms with Crippen molar-refractivity contribution in [1.29, 1.82) is 0 Å². The van der Waals surface area contributed by atoms with Gasteiger partial charge in [0.2, 0.25) is 11.5 Å². The first-order valence-electron chi connectivity index (χ1n) is 11.2. The van der Waals surface area contributed by atoms with Gasteiger partial charge in [0.1, 0.15) is 22.9 Å². The van der Waals surface area contributed by atoms with E-state index in [2.05, 4.69) is 26.1 Å². The Hall–Kier alpha value is -3.26. The van der Waals surface area contributed by atoms with Crippen LogP contribution >= 0.6 is 11.3 Å². The lowest BCUT2D eigenvalue weighted by atomic mass is 9.99. The highest BCUT2D eigenvalue weighted by Crippen LogP contribution is 2.21. The van der Waals surface area contributed by atoms with E-state index in [0.717, 1.165) is 11.3 Å². The maximum atomic E-state index is 13.1. The summed E-state index contributed by atoms with van der Waals surface area (Å²) in [5.41, 5.74) is 2.27. The summed E-state index contributed by atoms with van der Waals surface area (Å²) >= 11 is 1.01. The molecule has 2 atom stereocenters. The maximum absolute atomic E-state index is 13.1. The zero-order valence-electron chi connectivity index (χ0n) is 21.7. The van der Waals surface area contributed by atoms with Crippen LogP contribution in [-0.2, 0) is 28.7 Å². The van der Waals surface area contributed by atoms with E-state index in [-0.39, 0.29) is 23.1 Å². The van der Waals surface area contributed by atoms with Gasteiger partial charge in [-0.05, 0) is 55.4 Å². The van der Waals surface area contributed by atoms with Crippen LogP contribution in [0.5, 0.6) is 0 Å². The fourth-order valence-electron chi connectivity index (χ4n) is 2.65. The molecule has 0 saturated carbocycles. The Morgan fingerprint density at radius 3 is 2.25 bits per heavy atom. The third kappa shape index (κ3) is 8.16. The molecule has 3 amide bonds. The summed E-state index contributed by atoms with van der Waals surface area (Å²) in [4.78, 5) is 59.2. The van der Waals surface area contributed by atoms with E-state index in [9.17, 15) is 19.2 Å². The third-order valence-electron chi connectivity index (χ3n) is 4.38. The average molecular weight is 527 g/mol. The first-order chi connectivity index (χ1) is 16.4. The Labute approximate surface area is 213 Å². The van der Waals surface area contributed by atoms with Crippen molar-refractivity contribution in [2.24, 2.45) is 10.9 Å². The van der Waals surface area contributed by atoms with Gasteiger partial charge in [-0.1, -0.05) is 5.16 Å². The largest absolute Gasteiger partial charge is 0.457 e. The standard InChI is InChI=1S/C22H34N6O7S/c1-20(2,3)33-17(31)22(7,8)35-28-14(16(30)26-13-11(9-23)24-15(13)29)12-10-36-18(25-12)27-19(32)34-21(4,5)6/h10-11,13H,9,23H2,1-8H3,(H,24,29)(H,26,30)(H,25,27,32)/b28-14+/t11-,13+/m1/s1. The molecule has 2 rings (SSSR count). The van der Waals surface area contributed by atoms with Crippen molar-refractivity contribution in [3.05, 3.63) is 11.1 Å². The van der Waals surface area contributed by atoms with Gasteiger partial charge in [-0.15, -0.1) is 11.3 Å². The number of carbonyl (C=O) groups excluding carboxylic acids is 4. The number of nitrogens with zero attached hydrogens (tertiary/aromatic N) is 2. The van der Waals surface area contributed by atoms with E-state index in [1.165, 1.54) is 19.2 Å². The Kier molecular flexibility index (Phi) is 8.68. The fourth-order valence-corrected chi connectivity index (χ4v) is 3.33. The molecule has 14 heteroatoms. The van der Waals surface area contributed by atoms with Crippen molar-refractivity contribution >= 4 is 46.1 Å². The van der Waals surface area contributed by atoms with Gasteiger partial charge < -0.3 is 30.7 Å². The number of carbonyl (C=O) groups is 4. The number of ether oxygens (including phenoxy) is 2. The highest BCUT2D eigenvalue weighted by atomic mass is 32.1. The molecule has 0 unspecified atom stereocenters. The third-order valence-corrected chi connectivity index (χ3v) is 5.14. The smallest absolute Gasteiger partial charge is 0.413 e. The molecule has 36 heavy (non-hydrogen) atoms. The Bertz CT molecular complexity index is 1040. The molecule has 1 aromatic heterocycles. The first kappa shape index (κ1) is 29.0. The van der Waals surface area contributed by atoms with Crippen molar-refractivity contribution in [3.63, 3.8) is 0 Å². The van der Waals surface area contributed by atoms with Crippen molar-refractivity contribution in [1.82, 2.24) is 15.6 Å². The molecule has 0 bridgehead atoms. The number of hydrogen-bond donors (Lipinski definition) is 4. The molecular weight excluding hydrogens is 492 g/mol. The predicted octanol–water partition coefficient (Wildman–Crippen LogP) is 1.27. The molecule has 5 N–H and O–H groups in total. The highest BCUT2D eigenvalue weighted by molar-refractivity contribution is 7.14. The normalized spacial score (nSPS) is 18.5. The summed E-state index contributed by atoms with van der Waals surface area (Å²) in [5, 5.41) is 13.1. The molecule has 0 aliphatic carbocycles. The van der Waals surface area contributed by atoms with Crippen LogP contribution in [-0.4, -0.2) is 70.0 Å². The minimum Gasteiger partial charge on any atom is -0.457 e. The van der Waals surface area contributed by atoms with Gasteiger partial charge in [-0.3, -0.25) is 14.9 Å². The molecule has 1 aliphatic rings. The minimum absolute atomic E-state index is 0.0348. The fraction of sp³-hybridized carbons (Fsp3) is 0.636. The number of thiazole rings is 1. The second-order valence-electron chi connectivity index (χ2n) is 10.5. The van der Waals surface area contributed by atoms with Crippen LogP contribution in [0.2, 0.25) is 0 Å². The summed E-state index contributed by atoms with van der Waals surface area (Å²) in [7, 11) is 0. The molecule has 1 aromatic rings. The number of esters is 1. The van der Waals surface area contributed by atoms with E-state index >= 15 is 0 Å². The van der Waals surface area contributed by atoms with Crippen LogP contribution in [0, 0.1) is 0 Å². The molecule has 1 fully saturated rings. The Morgan fingerprint density at radius 2 is 1.72 bits per heavy atom. The number of β-lactam (4-membered cyclic amide) rings is 1. The second kappa shape index (κ2) is 10.8. The van der Waals surface area contributed by atoms with E-state index in [1.54, 1.807) is 41.5 Å². The molecule has 1 aliphatic heterocycles. The highest BCUT2D eigenvalue weighted by Gasteiger charge is 2.41. The summed E-state index contributed by atoms with van der Waals surface area (Å²) in [5.74, 6) is -1.90. The van der Waals surface area contributed by atoms with Gasteiger partial charge in [0.15, 0.2) is 10.8 Å². The van der Waals surface area contributed by atoms with Crippen LogP contribution in [0.25, 0.3) is 0 Å². The summed E-state index contributed by atoms with van der Waals surface area (Å²) in [6, 6.07) is -1.31. The quantitative estimate of drug-likeness (QED) is 0.168. The molecular formula is C22H34N6O7S. The summed E-state index contributed by atoms with van der Waals surface area (Å²) in [6.45, 7) is 13.2. The van der Waals surface area contributed by atoms with Crippen molar-refractivity contribution in [3.8, 4) is 0 Å². The summed E-state index contributed by atoms with van der Waals surface area (Å²) < 4.78 is 10.5. The van der Waals surface area contributed by atoms with Crippen molar-refractivity contribution in [2.45, 2.75) is 84.3 Å². The number of oxime groups is 1. The van der Waals surface area contributed by atoms with Gasteiger partial charge in [0.05, 0.1) is 6.04 Å². The SMILES string of the molecule is CC(C)(C)OC(=O)Nc1nc(/C(=N\OC(C)(C)C(=O)OC(C)(C)C)C(=O)N[C@@H]2C(=O)N[C@@H]2CN)cs1. The zero-order valence-corrected chi connectivity index (χ0v) is 22.5. The van der Waals surface area contributed by atoms with E-state index in [0.29, 0.717) is 0 Å². The maximum Gasteiger partial charge on any atom is 0.413 e. The molecule has 1 saturated heterocycles. The van der Waals surface area contributed by atoms with Crippen molar-refractivity contribution < 1.29 is 33.5 Å². The zero-order chi connectivity index (χ0) is 27.5. The van der Waals surface area contributed by atoms with Gasteiger partial charge in [-0.25, -0.2) is 14.6 Å². The van der Waals surface area contributed by atoms with E-state index < -0.39 is 52.8 Å². The number of nitrogens with one attached hydrogen (secondary N) is 3. The van der Waals surface area contributed by atoms with Gasteiger partial charge in [0.25, 0.3) is 5.91 Å². The lowest BCUT2D eigenvalue weighted by Gasteiger charge is -2.36. The molecule has 0 aromatic carbocycles. The molecule has 2 heterocycles. The van der Waals surface area contributed by atoms with E-state index in [1.807, 2.05) is 0 Å². The van der Waals surface area contributed by atoms with Crippen LogP contribution in [0.4, 0.5) is 9.93 Å². The van der Waals surface area contributed by atoms with Gasteiger partial charge in [-0.2, -0.15) is 0 Å². The number of hydrogen-bond acceptors (Lipinski definition) is 11. The minimum atomic E-state index is -1.56. The topological polar surface area (TPSA) is 183 Å². The average Bonchev–Trinajstić information content (AvgIpc) is 3.15. The Morgan fingerprint density at radius 1 is 1.11 bits per heavy atom. The van der Waals surface area contributed by atoms with Gasteiger partial charge in [0, 0.05) is 11.9 Å².